The fourth-order valence-corrected chi connectivity index (χ4v) is 1.11. The molecule has 98 valence electrons. The molecular weight excluding hydrogens is 276 g/mol. The Bertz CT molecular complexity index is 438. The van der Waals surface area contributed by atoms with Gasteiger partial charge in [-0.1, -0.05) is 11.6 Å². The fourth-order valence-electron chi connectivity index (χ4n) is 0.947. The van der Waals surface area contributed by atoms with Gasteiger partial charge in [0.05, 0.1) is 22.6 Å². The zero-order valence-electron chi connectivity index (χ0n) is 11.0. The van der Waals surface area contributed by atoms with Crippen molar-refractivity contribution in [3.8, 4) is 5.75 Å². The Kier molecular flexibility index (Phi) is 7.47. The normalized spacial score (nSPS) is 11.4. The van der Waals surface area contributed by atoms with E-state index in [4.69, 9.17) is 17.8 Å². The molecule has 0 radical (unpaired) electrons. The molecule has 0 unspecified atom stereocenters. The largest absolute Gasteiger partial charge is 0.486 e. The molecule has 8 heteroatoms. The SMILES string of the molecule is CB=S.[3H]OC[C@H](C)Oc1cc([N+](=O)[O-])ccc1Cl. The molecule has 0 aliphatic heterocycles. The average molecular weight is 292 g/mol. The number of nitro benzene ring substituents is 1. The van der Waals surface area contributed by atoms with Gasteiger partial charge in [-0.25, -0.2) is 0 Å². The first-order valence-electron chi connectivity index (χ1n) is 5.45. The second-order valence-electron chi connectivity index (χ2n) is 3.20. The van der Waals surface area contributed by atoms with Crippen LogP contribution in [0.4, 0.5) is 5.69 Å². The predicted molar refractivity (Wildman–Crippen MR) is 74.5 cm³/mol. The Morgan fingerprint density at radius 1 is 1.78 bits per heavy atom. The van der Waals surface area contributed by atoms with Crippen LogP contribution < -0.4 is 4.74 Å². The van der Waals surface area contributed by atoms with E-state index in [1.54, 1.807) is 13.1 Å². The summed E-state index contributed by atoms with van der Waals surface area (Å²) in [7, 11) is 0. The van der Waals surface area contributed by atoms with Crippen LogP contribution in [-0.2, 0) is 0 Å². The van der Waals surface area contributed by atoms with Gasteiger partial charge in [0.1, 0.15) is 11.9 Å². The molecule has 0 spiro atoms. The Labute approximate surface area is 117 Å². The van der Waals surface area contributed by atoms with Crippen molar-refractivity contribution in [1.29, 1.82) is 1.43 Å². The smallest absolute Gasteiger partial charge is 0.273 e. The summed E-state index contributed by atoms with van der Waals surface area (Å²) in [6.07, 6.45) is 1.18. The number of non-ortho nitro benzene ring substituents is 1. The van der Waals surface area contributed by atoms with Crippen LogP contribution in [0.1, 0.15) is 6.92 Å². The van der Waals surface area contributed by atoms with Crippen LogP contribution in [0.5, 0.6) is 5.75 Å². The van der Waals surface area contributed by atoms with Crippen molar-refractivity contribution in [2.24, 2.45) is 0 Å². The quantitative estimate of drug-likeness (QED) is 0.513. The molecule has 0 aromatic heterocycles. The number of aliphatic hydroxyl groups excluding tert-OH is 1. The van der Waals surface area contributed by atoms with Gasteiger partial charge in [-0.05, 0) is 13.0 Å². The number of hydrogen-bond donors (Lipinski definition) is 1. The van der Waals surface area contributed by atoms with E-state index in [0.29, 0.717) is 0 Å². The van der Waals surface area contributed by atoms with Crippen LogP contribution in [0.25, 0.3) is 0 Å². The molecule has 0 bridgehead atoms. The van der Waals surface area contributed by atoms with Gasteiger partial charge in [0.25, 0.3) is 5.69 Å². The number of hydrogen-bond acceptors (Lipinski definition) is 5. The first kappa shape index (κ1) is 15.0. The van der Waals surface area contributed by atoms with Gasteiger partial charge in [-0.15, -0.1) is 0 Å². The van der Waals surface area contributed by atoms with Gasteiger partial charge in [0.15, 0.2) is 0 Å². The van der Waals surface area contributed by atoms with E-state index < -0.39 is 11.0 Å². The van der Waals surface area contributed by atoms with Crippen LogP contribution in [-0.4, -0.2) is 30.3 Å². The number of halogens is 1. The van der Waals surface area contributed by atoms with Crippen molar-refractivity contribution < 1.29 is 14.8 Å². The Morgan fingerprint density at radius 3 is 2.89 bits per heavy atom. The summed E-state index contributed by atoms with van der Waals surface area (Å²) in [5.41, 5.74) is -0.0987. The minimum Gasteiger partial charge on any atom is -0.486 e. The third-order valence-corrected chi connectivity index (χ3v) is 2.00. The van der Waals surface area contributed by atoms with E-state index in [1.807, 2.05) is 6.82 Å². The average Bonchev–Trinajstić information content (AvgIpc) is 2.33. The van der Waals surface area contributed by atoms with E-state index in [-0.39, 0.29) is 23.1 Å². The monoisotopic (exact) mass is 291 g/mol. The number of aliphatic hydroxyl groups is 1. The predicted octanol–water partition coefficient (Wildman–Crippen LogP) is 2.86. The maximum absolute atomic E-state index is 10.5. The molecule has 1 N–H and O–H groups in total. The summed E-state index contributed by atoms with van der Waals surface area (Å²) in [4.78, 5) is 10.00. The van der Waals surface area contributed by atoms with Crippen LogP contribution >= 0.6 is 23.7 Å². The van der Waals surface area contributed by atoms with Gasteiger partial charge in [0, 0.05) is 6.07 Å². The zero-order chi connectivity index (χ0) is 14.8. The van der Waals surface area contributed by atoms with Crippen molar-refractivity contribution in [1.82, 2.24) is 0 Å². The molecule has 1 rings (SSSR count). The number of rotatable bonds is 5. The topological polar surface area (TPSA) is 72.6 Å². The molecule has 0 aliphatic carbocycles. The zero-order valence-corrected chi connectivity index (χ0v) is 11.5. The first-order chi connectivity index (χ1) is 8.96. The second-order valence-corrected chi connectivity index (χ2v) is 4.08. The van der Waals surface area contributed by atoms with E-state index >= 15 is 0 Å². The third kappa shape index (κ3) is 6.04. The molecule has 1 aromatic rings. The molecule has 1 aromatic carbocycles. The Hall–Kier alpha value is -1.05. The minimum absolute atomic E-state index is 0.0546. The Morgan fingerprint density at radius 2 is 2.39 bits per heavy atom. The number of nitrogens with zero attached hydrogens (tertiary/aromatic N) is 1. The summed E-state index contributed by atoms with van der Waals surface area (Å²) in [5.74, 6) is 0.209. The fraction of sp³-hybridized carbons (Fsp3) is 0.400. The summed E-state index contributed by atoms with van der Waals surface area (Å²) in [6.45, 7) is 3.54. The Balaban J connectivity index is 0.000000982. The maximum atomic E-state index is 10.5. The van der Waals surface area contributed by atoms with Gasteiger partial charge in [-0.3, -0.25) is 10.1 Å². The minimum atomic E-state index is -0.533. The standard InChI is InChI=1S/C9H10ClNO4.CH3BS/c1-6(5-12)15-9-4-7(11(13)14)2-3-8(9)10;1-2-3/h2-4,6,12H,5H2,1H3;1H3/t6-;/m0./s1/i12T;. The molecule has 5 nitrogen and oxygen atoms in total. The van der Waals surface area contributed by atoms with Crippen LogP contribution in [0.2, 0.25) is 11.8 Å². The number of ether oxygens (including phenoxy) is 1. The molecule has 0 saturated carbocycles. The van der Waals surface area contributed by atoms with Gasteiger partial charge < -0.3 is 9.85 Å². The molecule has 0 saturated heterocycles. The number of nitro groups is 1. The van der Waals surface area contributed by atoms with E-state index in [0.717, 1.165) is 0 Å². The summed E-state index contributed by atoms with van der Waals surface area (Å²) in [6, 6.07) is 3.92. The van der Waals surface area contributed by atoms with Crippen LogP contribution in [0.3, 0.4) is 0 Å². The van der Waals surface area contributed by atoms with E-state index in [2.05, 4.69) is 17.2 Å². The van der Waals surface area contributed by atoms with Crippen molar-refractivity contribution in [2.75, 3.05) is 6.61 Å². The van der Waals surface area contributed by atoms with Crippen LogP contribution in [0, 0.1) is 10.1 Å². The summed E-state index contributed by atoms with van der Waals surface area (Å²) >= 11 is 10.1. The van der Waals surface area contributed by atoms with Crippen LogP contribution in [0.15, 0.2) is 18.2 Å². The summed E-state index contributed by atoms with van der Waals surface area (Å²) < 4.78 is 11.8. The van der Waals surface area contributed by atoms with Crippen molar-refractivity contribution in [3.05, 3.63) is 33.3 Å². The van der Waals surface area contributed by atoms with E-state index in [1.165, 1.54) is 18.2 Å². The molecule has 0 amide bonds. The molecule has 1 atom stereocenters. The maximum Gasteiger partial charge on any atom is 0.273 e. The van der Waals surface area contributed by atoms with Crippen molar-refractivity contribution in [2.45, 2.75) is 19.9 Å². The number of benzene rings is 1. The molecule has 18 heavy (non-hydrogen) atoms. The van der Waals surface area contributed by atoms with Crippen molar-refractivity contribution in [3.63, 3.8) is 0 Å². The van der Waals surface area contributed by atoms with Gasteiger partial charge in [0.2, 0.25) is 1.43 Å². The van der Waals surface area contributed by atoms with Gasteiger partial charge >= 0.3 is 25.0 Å². The van der Waals surface area contributed by atoms with Gasteiger partial charge in [-0.2, -0.15) is 0 Å². The molecule has 0 heterocycles. The van der Waals surface area contributed by atoms with Crippen molar-refractivity contribution >= 4 is 35.5 Å². The molecule has 0 fully saturated rings. The summed E-state index contributed by atoms with van der Waals surface area (Å²) in [5, 5.41) is 14.9. The second kappa shape index (κ2) is 8.96. The molecular formula is C10H13BClNO4S. The first-order valence-corrected chi connectivity index (χ1v) is 5.89. The third-order valence-electron chi connectivity index (χ3n) is 1.69. The van der Waals surface area contributed by atoms with E-state index in [9.17, 15) is 10.1 Å². The molecule has 0 aliphatic rings.